The summed E-state index contributed by atoms with van der Waals surface area (Å²) in [5.41, 5.74) is 4.57. The number of carbonyl (C=O) groups excluding carboxylic acids is 1. The number of amides is 1. The van der Waals surface area contributed by atoms with E-state index < -0.39 is 42.3 Å². The molecule has 0 unspecified atom stereocenters. The molecule has 1 amide bonds. The first-order valence-corrected chi connectivity index (χ1v) is 13.4. The molecule has 2 saturated carbocycles. The van der Waals surface area contributed by atoms with E-state index in [1.807, 2.05) is 30.5 Å². The molecule has 5 atom stereocenters. The predicted octanol–water partition coefficient (Wildman–Crippen LogP) is 3.86. The molecule has 7 rings (SSSR count). The van der Waals surface area contributed by atoms with Crippen LogP contribution in [-0.2, 0) is 28.5 Å². The van der Waals surface area contributed by atoms with Crippen molar-refractivity contribution in [1.29, 1.82) is 0 Å². The summed E-state index contributed by atoms with van der Waals surface area (Å²) < 4.78 is 32.3. The number of hydrogen-bond donors (Lipinski definition) is 2. The van der Waals surface area contributed by atoms with Crippen molar-refractivity contribution in [1.82, 2.24) is 10.4 Å². The number of carbonyl (C=O) groups is 1. The molecule has 2 N–H and O–H groups in total. The Balaban J connectivity index is 1.12. The lowest BCUT2D eigenvalue weighted by atomic mass is 9.94. The van der Waals surface area contributed by atoms with Crippen LogP contribution in [0.25, 0.3) is 10.9 Å². The third kappa shape index (κ3) is 3.88. The number of para-hydroxylation sites is 1. The van der Waals surface area contributed by atoms with E-state index in [9.17, 15) is 4.79 Å². The second-order valence-electron chi connectivity index (χ2n) is 10.8. The van der Waals surface area contributed by atoms with Crippen molar-refractivity contribution < 1.29 is 28.5 Å². The van der Waals surface area contributed by atoms with Gasteiger partial charge in [-0.1, -0.05) is 31.0 Å². The Bertz CT molecular complexity index is 1150. The molecule has 3 aliphatic heterocycles. The fourth-order valence-corrected chi connectivity index (χ4v) is 6.60. The molecule has 1 aromatic carbocycles. The Morgan fingerprint density at radius 1 is 0.889 bits per heavy atom. The van der Waals surface area contributed by atoms with Crippen LogP contribution in [0.2, 0.25) is 0 Å². The molecule has 0 bridgehead atoms. The van der Waals surface area contributed by atoms with E-state index in [1.54, 1.807) is 6.21 Å². The molecule has 2 aromatic rings. The van der Waals surface area contributed by atoms with Crippen LogP contribution in [0.15, 0.2) is 35.6 Å². The lowest BCUT2D eigenvalue weighted by molar-refractivity contribution is -0.247. The Morgan fingerprint density at radius 2 is 1.56 bits per heavy atom. The van der Waals surface area contributed by atoms with Gasteiger partial charge in [-0.15, -0.1) is 0 Å². The van der Waals surface area contributed by atoms with Gasteiger partial charge in [0, 0.05) is 48.3 Å². The van der Waals surface area contributed by atoms with Crippen molar-refractivity contribution in [2.75, 3.05) is 0 Å². The first-order valence-electron chi connectivity index (χ1n) is 13.4. The quantitative estimate of drug-likeness (QED) is 0.495. The highest BCUT2D eigenvalue weighted by Crippen LogP contribution is 2.50. The van der Waals surface area contributed by atoms with E-state index in [-0.39, 0.29) is 5.91 Å². The summed E-state index contributed by atoms with van der Waals surface area (Å²) >= 11 is 0. The first-order chi connectivity index (χ1) is 17.6. The number of H-pyrrole nitrogens is 1. The molecule has 36 heavy (non-hydrogen) atoms. The minimum Gasteiger partial charge on any atom is -0.361 e. The van der Waals surface area contributed by atoms with E-state index >= 15 is 0 Å². The summed E-state index contributed by atoms with van der Waals surface area (Å²) in [5.74, 6) is -1.70. The zero-order chi connectivity index (χ0) is 24.2. The maximum Gasteiger partial charge on any atom is 0.272 e. The van der Waals surface area contributed by atoms with Crippen molar-refractivity contribution >= 4 is 23.0 Å². The van der Waals surface area contributed by atoms with Gasteiger partial charge in [0.15, 0.2) is 24.0 Å². The first kappa shape index (κ1) is 22.9. The second kappa shape index (κ2) is 8.92. The minimum absolute atomic E-state index is 0.371. The highest BCUT2D eigenvalue weighted by atomic mass is 16.9. The van der Waals surface area contributed by atoms with Crippen LogP contribution in [0.3, 0.4) is 0 Å². The lowest BCUT2D eigenvalue weighted by Crippen LogP contribution is -2.59. The third-order valence-corrected chi connectivity index (χ3v) is 8.37. The number of rotatable bonds is 3. The number of hydrogen-bond acceptors (Lipinski definition) is 7. The van der Waals surface area contributed by atoms with E-state index in [1.165, 1.54) is 12.8 Å². The number of aromatic amines is 1. The average Bonchev–Trinajstić information content (AvgIpc) is 3.58. The van der Waals surface area contributed by atoms with Crippen LogP contribution in [0.5, 0.6) is 0 Å². The maximum atomic E-state index is 13.4. The van der Waals surface area contributed by atoms with Crippen molar-refractivity contribution in [3.05, 3.63) is 36.0 Å². The molecule has 2 aliphatic carbocycles. The summed E-state index contributed by atoms with van der Waals surface area (Å²) in [6.45, 7) is 0. The van der Waals surface area contributed by atoms with Crippen molar-refractivity contribution in [3.63, 3.8) is 0 Å². The highest BCUT2D eigenvalue weighted by Gasteiger charge is 2.65. The van der Waals surface area contributed by atoms with E-state index in [0.29, 0.717) is 0 Å². The van der Waals surface area contributed by atoms with Gasteiger partial charge in [-0.2, -0.15) is 5.10 Å². The van der Waals surface area contributed by atoms with Crippen molar-refractivity contribution in [2.24, 2.45) is 5.10 Å². The van der Waals surface area contributed by atoms with E-state index in [4.69, 9.17) is 23.7 Å². The molecule has 5 fully saturated rings. The molecule has 0 radical (unpaired) electrons. The van der Waals surface area contributed by atoms with Gasteiger partial charge >= 0.3 is 0 Å². The number of ether oxygens (including phenoxy) is 5. The fourth-order valence-electron chi connectivity index (χ4n) is 6.60. The van der Waals surface area contributed by atoms with Crippen LogP contribution >= 0.6 is 0 Å². The van der Waals surface area contributed by atoms with Gasteiger partial charge in [0.2, 0.25) is 0 Å². The highest BCUT2D eigenvalue weighted by molar-refractivity contribution is 5.99. The minimum atomic E-state index is -0.903. The molecular weight excluding hydrogens is 462 g/mol. The molecule has 9 nitrogen and oxygen atoms in total. The number of hydrazone groups is 1. The number of nitrogens with zero attached hydrogens (tertiary/aromatic N) is 1. The van der Waals surface area contributed by atoms with Gasteiger partial charge in [-0.25, -0.2) is 5.43 Å². The molecule has 5 aliphatic rings. The van der Waals surface area contributed by atoms with Gasteiger partial charge in [-0.3, -0.25) is 4.79 Å². The molecule has 1 aromatic heterocycles. The zero-order valence-electron chi connectivity index (χ0n) is 20.3. The van der Waals surface area contributed by atoms with Crippen LogP contribution in [-0.4, -0.2) is 59.4 Å². The van der Waals surface area contributed by atoms with Gasteiger partial charge < -0.3 is 28.7 Å². The fraction of sp³-hybridized carbons (Fsp3) is 0.630. The third-order valence-electron chi connectivity index (χ3n) is 8.37. The second-order valence-corrected chi connectivity index (χ2v) is 10.8. The Morgan fingerprint density at radius 3 is 2.33 bits per heavy atom. The van der Waals surface area contributed by atoms with Crippen LogP contribution in [0.4, 0.5) is 0 Å². The Labute approximate surface area is 209 Å². The number of fused-ring (bicyclic) bond motifs is 4. The Hall–Kier alpha value is -2.30. The number of nitrogens with one attached hydrogen (secondary N) is 2. The number of aromatic nitrogens is 1. The summed E-state index contributed by atoms with van der Waals surface area (Å²) in [6, 6.07) is 7.95. The van der Waals surface area contributed by atoms with Crippen LogP contribution < -0.4 is 5.43 Å². The molecule has 3 saturated heterocycles. The topological polar surface area (TPSA) is 103 Å². The van der Waals surface area contributed by atoms with E-state index in [0.717, 1.165) is 67.8 Å². The van der Waals surface area contributed by atoms with Crippen LogP contribution in [0, 0.1) is 0 Å². The largest absolute Gasteiger partial charge is 0.361 e. The predicted molar refractivity (Wildman–Crippen MR) is 130 cm³/mol. The summed E-state index contributed by atoms with van der Waals surface area (Å²) in [5, 5.41) is 5.27. The Kier molecular flexibility index (Phi) is 5.66. The summed E-state index contributed by atoms with van der Waals surface area (Å²) in [6.07, 6.45) is 10.4. The normalized spacial score (nSPS) is 34.8. The molecule has 4 heterocycles. The molecular formula is C27H33N3O6. The smallest absolute Gasteiger partial charge is 0.272 e. The standard InChI is InChI=1S/C27H33N3O6/c31-24(30-29-16-17-15-28-19-10-4-3-9-18(17)19)22-20-21(34-26(33-20)11-5-1-6-12-26)23-25(32-22)36-27(35-23)13-7-2-8-14-27/h3-4,9-10,15-16,20-23,25,28H,1-2,5-8,11-14H2,(H,30,31)/b29-16+/t20-,21+,22+,23-,25-/m1/s1. The monoisotopic (exact) mass is 495 g/mol. The van der Waals surface area contributed by atoms with Crippen molar-refractivity contribution in [2.45, 2.75) is 106 Å². The summed E-state index contributed by atoms with van der Waals surface area (Å²) in [4.78, 5) is 16.6. The average molecular weight is 496 g/mol. The van der Waals surface area contributed by atoms with Crippen molar-refractivity contribution in [3.8, 4) is 0 Å². The maximum absolute atomic E-state index is 13.4. The molecule has 192 valence electrons. The number of benzene rings is 1. The van der Waals surface area contributed by atoms with Crippen LogP contribution in [0.1, 0.15) is 69.8 Å². The van der Waals surface area contributed by atoms with Gasteiger partial charge in [0.25, 0.3) is 5.91 Å². The summed E-state index contributed by atoms with van der Waals surface area (Å²) in [7, 11) is 0. The van der Waals surface area contributed by atoms with Gasteiger partial charge in [-0.05, 0) is 31.7 Å². The van der Waals surface area contributed by atoms with E-state index in [2.05, 4.69) is 15.5 Å². The zero-order valence-corrected chi connectivity index (χ0v) is 20.3. The van der Waals surface area contributed by atoms with Gasteiger partial charge in [0.05, 0.1) is 6.21 Å². The SMILES string of the molecule is O=C(N/N=C/c1c[nH]c2ccccc12)[C@H]1O[C@@H]2OC3(CCCCC3)O[C@@H]2[C@H]2OC3(CCCCC3)O[C@H]21. The molecule has 2 spiro atoms. The lowest BCUT2D eigenvalue weighted by Gasteiger charge is -2.36. The van der Waals surface area contributed by atoms with Gasteiger partial charge in [0.1, 0.15) is 18.3 Å². The molecule has 9 heteroatoms.